The highest BCUT2D eigenvalue weighted by atomic mass is 16.5. The molecule has 2 N–H and O–H groups in total. The van der Waals surface area contributed by atoms with Crippen molar-refractivity contribution in [2.75, 3.05) is 12.4 Å². The first-order valence-electron chi connectivity index (χ1n) is 5.14. The van der Waals surface area contributed by atoms with Crippen molar-refractivity contribution in [3.05, 3.63) is 23.8 Å². The molecule has 0 aromatic heterocycles. The summed E-state index contributed by atoms with van der Waals surface area (Å²) in [5.74, 6) is -1.49. The number of hydrogen-bond donors (Lipinski definition) is 2. The van der Waals surface area contributed by atoms with Gasteiger partial charge in [0.2, 0.25) is 5.91 Å². The highest BCUT2D eigenvalue weighted by Crippen LogP contribution is 2.33. The number of rotatable bonds is 4. The quantitative estimate of drug-likeness (QED) is 0.837. The molecule has 1 aromatic rings. The summed E-state index contributed by atoms with van der Waals surface area (Å²) >= 11 is 0. The van der Waals surface area contributed by atoms with E-state index in [2.05, 4.69) is 5.32 Å². The van der Waals surface area contributed by atoms with Gasteiger partial charge in [-0.05, 0) is 18.6 Å². The van der Waals surface area contributed by atoms with Crippen LogP contribution in [-0.2, 0) is 9.59 Å². The van der Waals surface area contributed by atoms with E-state index in [4.69, 9.17) is 9.84 Å². The predicted molar refractivity (Wildman–Crippen MR) is 63.3 cm³/mol. The number of carbonyl (C=O) groups is 2. The molecule has 0 radical (unpaired) electrons. The van der Waals surface area contributed by atoms with E-state index in [0.29, 0.717) is 17.0 Å². The van der Waals surface area contributed by atoms with Crippen LogP contribution in [0, 0.1) is 0 Å². The number of methoxy groups -OCH3 is 1. The third kappa shape index (κ3) is 2.96. The minimum atomic E-state index is -0.954. The van der Waals surface area contributed by atoms with Gasteiger partial charge in [-0.3, -0.25) is 9.59 Å². The third-order valence-electron chi connectivity index (χ3n) is 2.42. The van der Waals surface area contributed by atoms with Crippen LogP contribution < -0.4 is 10.1 Å². The molecule has 0 fully saturated rings. The lowest BCUT2D eigenvalue weighted by Gasteiger charge is -2.16. The number of amides is 1. The average molecular weight is 237 g/mol. The number of carboxylic acid groups (broad SMARTS) is 1. The highest BCUT2D eigenvalue weighted by molar-refractivity contribution is 5.93. The lowest BCUT2D eigenvalue weighted by Crippen LogP contribution is -2.14. The Morgan fingerprint density at radius 3 is 2.53 bits per heavy atom. The van der Waals surface area contributed by atoms with Gasteiger partial charge in [0.1, 0.15) is 5.75 Å². The Bertz CT molecular complexity index is 442. The van der Waals surface area contributed by atoms with Crippen LogP contribution in [0.2, 0.25) is 0 Å². The first-order chi connectivity index (χ1) is 7.97. The largest absolute Gasteiger partial charge is 0.495 e. The zero-order valence-corrected chi connectivity index (χ0v) is 9.98. The van der Waals surface area contributed by atoms with Crippen LogP contribution in [0.4, 0.5) is 5.69 Å². The zero-order valence-electron chi connectivity index (χ0n) is 9.98. The van der Waals surface area contributed by atoms with Gasteiger partial charge in [0, 0.05) is 6.92 Å². The molecule has 17 heavy (non-hydrogen) atoms. The zero-order chi connectivity index (χ0) is 13.0. The Morgan fingerprint density at radius 1 is 1.41 bits per heavy atom. The van der Waals surface area contributed by atoms with E-state index in [1.54, 1.807) is 25.1 Å². The van der Waals surface area contributed by atoms with Crippen molar-refractivity contribution < 1.29 is 19.4 Å². The van der Waals surface area contributed by atoms with Crippen molar-refractivity contribution in [1.82, 2.24) is 0 Å². The van der Waals surface area contributed by atoms with Crippen molar-refractivity contribution >= 4 is 17.6 Å². The van der Waals surface area contributed by atoms with Gasteiger partial charge in [-0.15, -0.1) is 0 Å². The van der Waals surface area contributed by atoms with Crippen LogP contribution in [0.15, 0.2) is 18.2 Å². The second-order valence-electron chi connectivity index (χ2n) is 3.67. The number of hydrogen-bond acceptors (Lipinski definition) is 3. The second kappa shape index (κ2) is 5.34. The molecule has 1 amide bonds. The number of anilines is 1. The summed E-state index contributed by atoms with van der Waals surface area (Å²) in [6.07, 6.45) is 0. The maximum absolute atomic E-state index is 11.1. The average Bonchev–Trinajstić information content (AvgIpc) is 2.27. The Balaban J connectivity index is 3.28. The maximum Gasteiger partial charge on any atom is 0.310 e. The summed E-state index contributed by atoms with van der Waals surface area (Å²) in [6, 6.07) is 5.02. The maximum atomic E-state index is 11.1. The summed E-state index contributed by atoms with van der Waals surface area (Å²) in [4.78, 5) is 22.1. The normalized spacial score (nSPS) is 11.7. The van der Waals surface area contributed by atoms with E-state index in [1.165, 1.54) is 14.0 Å². The highest BCUT2D eigenvalue weighted by Gasteiger charge is 2.20. The second-order valence-corrected chi connectivity index (χ2v) is 3.67. The molecule has 0 aliphatic carbocycles. The summed E-state index contributed by atoms with van der Waals surface area (Å²) in [5.41, 5.74) is 0.935. The Kier molecular flexibility index (Phi) is 4.09. The molecule has 1 aromatic carbocycles. The molecule has 0 bridgehead atoms. The number of carbonyl (C=O) groups excluding carboxylic acids is 1. The van der Waals surface area contributed by atoms with Crippen LogP contribution in [0.5, 0.6) is 5.75 Å². The number of benzene rings is 1. The van der Waals surface area contributed by atoms with Crippen LogP contribution in [0.1, 0.15) is 25.3 Å². The van der Waals surface area contributed by atoms with Crippen molar-refractivity contribution in [2.45, 2.75) is 19.8 Å². The van der Waals surface area contributed by atoms with Crippen LogP contribution in [-0.4, -0.2) is 24.1 Å². The number of aliphatic carboxylic acids is 1. The monoisotopic (exact) mass is 237 g/mol. The molecule has 0 aliphatic rings. The van der Waals surface area contributed by atoms with Gasteiger partial charge < -0.3 is 15.2 Å². The number of ether oxygens (including phenoxy) is 1. The van der Waals surface area contributed by atoms with E-state index in [0.717, 1.165) is 0 Å². The topological polar surface area (TPSA) is 75.6 Å². The molecule has 0 saturated carbocycles. The fraction of sp³-hybridized carbons (Fsp3) is 0.333. The van der Waals surface area contributed by atoms with Crippen LogP contribution in [0.25, 0.3) is 0 Å². The Hall–Kier alpha value is -2.04. The van der Waals surface area contributed by atoms with Gasteiger partial charge >= 0.3 is 5.97 Å². The number of para-hydroxylation sites is 1. The van der Waals surface area contributed by atoms with Crippen molar-refractivity contribution in [2.24, 2.45) is 0 Å². The first kappa shape index (κ1) is 13.0. The molecule has 1 rings (SSSR count). The molecule has 1 atom stereocenters. The summed E-state index contributed by atoms with van der Waals surface area (Å²) in [5, 5.41) is 11.6. The Morgan fingerprint density at radius 2 is 2.06 bits per heavy atom. The standard InChI is InChI=1S/C12H15NO4/c1-7(12(15)16)9-5-4-6-10(17-3)11(9)13-8(2)14/h4-7H,1-3H3,(H,13,14)(H,15,16). The molecule has 0 spiro atoms. The van der Waals surface area contributed by atoms with E-state index in [9.17, 15) is 9.59 Å². The van der Waals surface area contributed by atoms with Crippen molar-refractivity contribution in [3.63, 3.8) is 0 Å². The first-order valence-corrected chi connectivity index (χ1v) is 5.14. The molecule has 0 aliphatic heterocycles. The smallest absolute Gasteiger partial charge is 0.310 e. The molecular weight excluding hydrogens is 222 g/mol. The molecule has 5 heteroatoms. The van der Waals surface area contributed by atoms with Crippen LogP contribution in [0.3, 0.4) is 0 Å². The lowest BCUT2D eigenvalue weighted by molar-refractivity contribution is -0.138. The summed E-state index contributed by atoms with van der Waals surface area (Å²) in [6.45, 7) is 2.92. The fourth-order valence-electron chi connectivity index (χ4n) is 1.52. The minimum Gasteiger partial charge on any atom is -0.495 e. The van der Waals surface area contributed by atoms with Gasteiger partial charge in [-0.1, -0.05) is 12.1 Å². The van der Waals surface area contributed by atoms with Crippen LogP contribution >= 0.6 is 0 Å². The summed E-state index contributed by atoms with van der Waals surface area (Å²) in [7, 11) is 1.47. The van der Waals surface area contributed by atoms with Gasteiger partial charge in [0.25, 0.3) is 0 Å². The molecule has 92 valence electrons. The lowest BCUT2D eigenvalue weighted by atomic mass is 9.98. The van der Waals surface area contributed by atoms with Gasteiger partial charge in [0.05, 0.1) is 18.7 Å². The molecule has 0 saturated heterocycles. The van der Waals surface area contributed by atoms with Gasteiger partial charge in [-0.25, -0.2) is 0 Å². The fourth-order valence-corrected chi connectivity index (χ4v) is 1.52. The van der Waals surface area contributed by atoms with Gasteiger partial charge in [-0.2, -0.15) is 0 Å². The van der Waals surface area contributed by atoms with Crippen molar-refractivity contribution in [1.29, 1.82) is 0 Å². The van der Waals surface area contributed by atoms with Crippen molar-refractivity contribution in [3.8, 4) is 5.75 Å². The van der Waals surface area contributed by atoms with Gasteiger partial charge in [0.15, 0.2) is 0 Å². The minimum absolute atomic E-state index is 0.270. The van der Waals surface area contributed by atoms with E-state index in [1.807, 2.05) is 0 Å². The number of carboxylic acids is 1. The number of nitrogens with one attached hydrogen (secondary N) is 1. The molecule has 5 nitrogen and oxygen atoms in total. The van der Waals surface area contributed by atoms with E-state index in [-0.39, 0.29) is 5.91 Å². The predicted octanol–water partition coefficient (Wildman–Crippen LogP) is 1.84. The summed E-state index contributed by atoms with van der Waals surface area (Å²) < 4.78 is 5.11. The SMILES string of the molecule is COc1cccc(C(C)C(=O)O)c1NC(C)=O. The molecular formula is C12H15NO4. The molecule has 1 unspecified atom stereocenters. The molecule has 0 heterocycles. The Labute approximate surface area is 99.4 Å². The van der Waals surface area contributed by atoms with E-state index >= 15 is 0 Å². The third-order valence-corrected chi connectivity index (χ3v) is 2.42. The van der Waals surface area contributed by atoms with E-state index < -0.39 is 11.9 Å².